The first-order valence-electron chi connectivity index (χ1n) is 5.80. The van der Waals surface area contributed by atoms with Gasteiger partial charge < -0.3 is 4.57 Å². The van der Waals surface area contributed by atoms with Crippen LogP contribution >= 0.6 is 0 Å². The van der Waals surface area contributed by atoms with Crippen LogP contribution in [0.1, 0.15) is 11.1 Å². The summed E-state index contributed by atoms with van der Waals surface area (Å²) in [4.78, 5) is 0. The van der Waals surface area contributed by atoms with Crippen LogP contribution in [0.25, 0.3) is 16.6 Å². The number of aryl methyl sites for hydroxylation is 2. The van der Waals surface area contributed by atoms with Crippen LogP contribution in [0.5, 0.6) is 0 Å². The van der Waals surface area contributed by atoms with E-state index in [0.717, 1.165) is 0 Å². The number of hydrogen-bond acceptors (Lipinski definition) is 0. The van der Waals surface area contributed by atoms with E-state index in [9.17, 15) is 0 Å². The summed E-state index contributed by atoms with van der Waals surface area (Å²) in [5, 5.41) is 1.23. The number of fused-ring (bicyclic) bond motifs is 1. The molecule has 1 heterocycles. The van der Waals surface area contributed by atoms with Gasteiger partial charge in [-0.05, 0) is 49.7 Å². The van der Waals surface area contributed by atoms with E-state index in [1.807, 2.05) is 12.1 Å². The normalized spacial score (nSPS) is 10.9. The van der Waals surface area contributed by atoms with Crippen molar-refractivity contribution in [3.63, 3.8) is 0 Å². The van der Waals surface area contributed by atoms with E-state index in [2.05, 4.69) is 61.0 Å². The second kappa shape index (κ2) is 3.77. The van der Waals surface area contributed by atoms with Gasteiger partial charge in [0, 0.05) is 17.3 Å². The number of aromatic nitrogens is 1. The molecule has 0 saturated carbocycles. The lowest BCUT2D eigenvalue weighted by atomic mass is 10.1. The minimum atomic E-state index is 1.23. The monoisotopic (exact) mass is 220 g/mol. The van der Waals surface area contributed by atoms with Crippen LogP contribution in [0, 0.1) is 19.9 Å². The number of hydrogen-bond donors (Lipinski definition) is 0. The Morgan fingerprint density at radius 1 is 1.06 bits per heavy atom. The smallest absolute Gasteiger partial charge is 0.0528 e. The number of benzene rings is 2. The molecule has 1 heteroatoms. The van der Waals surface area contributed by atoms with Gasteiger partial charge in [-0.2, -0.15) is 0 Å². The highest BCUT2D eigenvalue weighted by Gasteiger charge is 2.04. The average molecular weight is 220 g/mol. The van der Waals surface area contributed by atoms with E-state index < -0.39 is 0 Å². The van der Waals surface area contributed by atoms with Gasteiger partial charge in [0.05, 0.1) is 5.52 Å². The fourth-order valence-electron chi connectivity index (χ4n) is 2.31. The molecule has 17 heavy (non-hydrogen) atoms. The molecule has 0 unspecified atom stereocenters. The quantitative estimate of drug-likeness (QED) is 0.583. The lowest BCUT2D eigenvalue weighted by Gasteiger charge is -2.09. The largest absolute Gasteiger partial charge is 0.316 e. The summed E-state index contributed by atoms with van der Waals surface area (Å²) in [6, 6.07) is 17.9. The molecule has 0 saturated heterocycles. The minimum Gasteiger partial charge on any atom is -0.316 e. The van der Waals surface area contributed by atoms with Crippen molar-refractivity contribution in [2.75, 3.05) is 0 Å². The van der Waals surface area contributed by atoms with Crippen LogP contribution in [-0.4, -0.2) is 4.57 Å². The molecule has 0 amide bonds. The Bertz CT molecular complexity index is 677. The van der Waals surface area contributed by atoms with Crippen molar-refractivity contribution in [2.24, 2.45) is 0 Å². The standard InChI is InChI=1S/C16H14N/c1-12-7-8-15(13(2)11-12)17-10-9-14-5-3-4-6-16(14)17/h4-11H,1-2H3. The third-order valence-corrected chi connectivity index (χ3v) is 3.15. The third kappa shape index (κ3) is 1.64. The predicted molar refractivity (Wildman–Crippen MR) is 71.6 cm³/mol. The van der Waals surface area contributed by atoms with Gasteiger partial charge >= 0.3 is 0 Å². The van der Waals surface area contributed by atoms with Crippen LogP contribution < -0.4 is 0 Å². The molecular weight excluding hydrogens is 206 g/mol. The molecule has 2 aromatic carbocycles. The summed E-state index contributed by atoms with van der Waals surface area (Å²) in [5.74, 6) is 0. The minimum absolute atomic E-state index is 1.23. The molecule has 1 nitrogen and oxygen atoms in total. The molecule has 0 aliphatic carbocycles. The Balaban J connectivity index is 2.27. The van der Waals surface area contributed by atoms with E-state index in [-0.39, 0.29) is 0 Å². The fraction of sp³-hybridized carbons (Fsp3) is 0.125. The van der Waals surface area contributed by atoms with E-state index in [0.29, 0.717) is 0 Å². The Hall–Kier alpha value is -2.02. The number of rotatable bonds is 1. The molecule has 0 aliphatic heterocycles. The molecule has 83 valence electrons. The van der Waals surface area contributed by atoms with Gasteiger partial charge in [0.1, 0.15) is 0 Å². The van der Waals surface area contributed by atoms with Gasteiger partial charge in [-0.25, -0.2) is 0 Å². The first-order valence-corrected chi connectivity index (χ1v) is 5.80. The van der Waals surface area contributed by atoms with Gasteiger partial charge in [0.25, 0.3) is 0 Å². The number of nitrogens with zero attached hydrogens (tertiary/aromatic N) is 1. The maximum Gasteiger partial charge on any atom is 0.0528 e. The zero-order chi connectivity index (χ0) is 11.8. The molecule has 0 fully saturated rings. The average Bonchev–Trinajstić information content (AvgIpc) is 2.73. The summed E-state index contributed by atoms with van der Waals surface area (Å²) in [7, 11) is 0. The highest BCUT2D eigenvalue weighted by Crippen LogP contribution is 2.22. The van der Waals surface area contributed by atoms with Crippen molar-refractivity contribution in [1.82, 2.24) is 4.57 Å². The summed E-state index contributed by atoms with van der Waals surface area (Å²) in [6.07, 6.45) is 2.12. The summed E-state index contributed by atoms with van der Waals surface area (Å²) in [6.45, 7) is 4.28. The van der Waals surface area contributed by atoms with E-state index >= 15 is 0 Å². The van der Waals surface area contributed by atoms with Crippen molar-refractivity contribution in [2.45, 2.75) is 13.8 Å². The Labute approximate surface area is 101 Å². The second-order valence-electron chi connectivity index (χ2n) is 4.46. The zero-order valence-electron chi connectivity index (χ0n) is 10.1. The SMILES string of the molecule is Cc1ccc(-n2ccc3c[c]ccc32)c(C)c1. The molecular formula is C16H14N. The fourth-order valence-corrected chi connectivity index (χ4v) is 2.31. The maximum absolute atomic E-state index is 3.11. The topological polar surface area (TPSA) is 4.93 Å². The molecule has 0 aliphatic rings. The molecule has 0 spiro atoms. The van der Waals surface area contributed by atoms with Crippen molar-refractivity contribution in [1.29, 1.82) is 0 Å². The Kier molecular flexibility index (Phi) is 2.25. The highest BCUT2D eigenvalue weighted by molar-refractivity contribution is 5.81. The van der Waals surface area contributed by atoms with E-state index in [4.69, 9.17) is 0 Å². The van der Waals surface area contributed by atoms with Crippen LogP contribution in [0.15, 0.2) is 48.7 Å². The molecule has 0 bridgehead atoms. The predicted octanol–water partition coefficient (Wildman–Crippen LogP) is 4.05. The van der Waals surface area contributed by atoms with Crippen LogP contribution in [0.3, 0.4) is 0 Å². The maximum atomic E-state index is 3.11. The molecule has 0 N–H and O–H groups in total. The van der Waals surface area contributed by atoms with E-state index in [1.54, 1.807) is 0 Å². The summed E-state index contributed by atoms with van der Waals surface area (Å²) >= 11 is 0. The molecule has 1 radical (unpaired) electrons. The lowest BCUT2D eigenvalue weighted by Crippen LogP contribution is -1.95. The van der Waals surface area contributed by atoms with Crippen molar-refractivity contribution >= 4 is 10.9 Å². The van der Waals surface area contributed by atoms with Crippen LogP contribution in [0.2, 0.25) is 0 Å². The second-order valence-corrected chi connectivity index (χ2v) is 4.46. The summed E-state index contributed by atoms with van der Waals surface area (Å²) < 4.78 is 2.23. The van der Waals surface area contributed by atoms with Gasteiger partial charge in [0.15, 0.2) is 0 Å². The lowest BCUT2D eigenvalue weighted by molar-refractivity contribution is 1.10. The first kappa shape index (κ1) is 10.2. The summed E-state index contributed by atoms with van der Waals surface area (Å²) in [5.41, 5.74) is 5.08. The first-order chi connectivity index (χ1) is 8.25. The van der Waals surface area contributed by atoms with Crippen molar-refractivity contribution < 1.29 is 0 Å². The van der Waals surface area contributed by atoms with Gasteiger partial charge in [-0.3, -0.25) is 0 Å². The Morgan fingerprint density at radius 3 is 2.76 bits per heavy atom. The zero-order valence-corrected chi connectivity index (χ0v) is 10.1. The molecule has 0 atom stereocenters. The van der Waals surface area contributed by atoms with Crippen LogP contribution in [0.4, 0.5) is 0 Å². The van der Waals surface area contributed by atoms with E-state index in [1.165, 1.54) is 27.7 Å². The molecule has 3 rings (SSSR count). The van der Waals surface area contributed by atoms with Gasteiger partial charge in [-0.15, -0.1) is 0 Å². The Morgan fingerprint density at radius 2 is 1.94 bits per heavy atom. The third-order valence-electron chi connectivity index (χ3n) is 3.15. The van der Waals surface area contributed by atoms with Crippen molar-refractivity contribution in [3.05, 3.63) is 65.9 Å². The van der Waals surface area contributed by atoms with Crippen LogP contribution in [-0.2, 0) is 0 Å². The van der Waals surface area contributed by atoms with Crippen molar-refractivity contribution in [3.8, 4) is 5.69 Å². The van der Waals surface area contributed by atoms with Gasteiger partial charge in [0.2, 0.25) is 0 Å². The molecule has 3 aromatic rings. The molecule has 1 aromatic heterocycles. The highest BCUT2D eigenvalue weighted by atomic mass is 15.0. The van der Waals surface area contributed by atoms with Gasteiger partial charge in [-0.1, -0.05) is 23.8 Å².